The molecule has 3 rings (SSSR count). The summed E-state index contributed by atoms with van der Waals surface area (Å²) in [7, 11) is 0. The molecule has 0 atom stereocenters. The molecule has 0 radical (unpaired) electrons. The van der Waals surface area contributed by atoms with Crippen LogP contribution in [0.25, 0.3) is 0 Å². The van der Waals surface area contributed by atoms with E-state index in [1.807, 2.05) is 12.1 Å². The normalized spacial score (nSPS) is 19.8. The first-order valence-corrected chi connectivity index (χ1v) is 9.35. The van der Waals surface area contributed by atoms with E-state index in [1.165, 1.54) is 42.8 Å². The van der Waals surface area contributed by atoms with Gasteiger partial charge in [0.2, 0.25) is 0 Å². The number of piperazine rings is 1. The third-order valence-corrected chi connectivity index (χ3v) is 5.10. The maximum atomic E-state index is 10.9. The van der Waals surface area contributed by atoms with Crippen LogP contribution in [0.4, 0.5) is 4.79 Å². The number of likely N-dealkylation sites (tertiary alicyclic amines) is 1. The predicted octanol–water partition coefficient (Wildman–Crippen LogP) is 2.35. The van der Waals surface area contributed by atoms with Crippen molar-refractivity contribution in [3.05, 3.63) is 29.8 Å². The molecular formula is C19H29N3O3. The quantitative estimate of drug-likeness (QED) is 0.856. The number of ether oxygens (including phenoxy) is 1. The molecule has 138 valence electrons. The van der Waals surface area contributed by atoms with Gasteiger partial charge in [-0.05, 0) is 43.6 Å². The molecule has 0 bridgehead atoms. The second kappa shape index (κ2) is 9.06. The first kappa shape index (κ1) is 18.0. The first-order valence-electron chi connectivity index (χ1n) is 9.35. The summed E-state index contributed by atoms with van der Waals surface area (Å²) in [6.45, 7) is 7.79. The zero-order valence-corrected chi connectivity index (χ0v) is 14.9. The summed E-state index contributed by atoms with van der Waals surface area (Å²) in [6.07, 6.45) is 3.18. The third-order valence-electron chi connectivity index (χ3n) is 5.10. The molecule has 0 unspecified atom stereocenters. The standard InChI is InChI=1S/C19H29N3O3/c23-19(24)22-12-10-21(11-13-22)16-17-4-6-18(7-5-17)25-15-14-20-8-2-1-3-9-20/h4-7H,1-3,8-16H2,(H,23,24). The average molecular weight is 347 g/mol. The minimum atomic E-state index is -0.814. The fourth-order valence-corrected chi connectivity index (χ4v) is 3.52. The summed E-state index contributed by atoms with van der Waals surface area (Å²) in [6, 6.07) is 8.30. The van der Waals surface area contributed by atoms with Gasteiger partial charge in [-0.25, -0.2) is 4.79 Å². The molecular weight excluding hydrogens is 318 g/mol. The van der Waals surface area contributed by atoms with E-state index in [4.69, 9.17) is 9.84 Å². The van der Waals surface area contributed by atoms with Crippen LogP contribution >= 0.6 is 0 Å². The lowest BCUT2D eigenvalue weighted by Crippen LogP contribution is -2.47. The van der Waals surface area contributed by atoms with Crippen molar-refractivity contribution in [2.75, 3.05) is 52.4 Å². The highest BCUT2D eigenvalue weighted by atomic mass is 16.5. The fraction of sp³-hybridized carbons (Fsp3) is 0.632. The third kappa shape index (κ3) is 5.61. The van der Waals surface area contributed by atoms with Gasteiger partial charge in [0.05, 0.1) is 0 Å². The number of benzene rings is 1. The van der Waals surface area contributed by atoms with Gasteiger partial charge in [0, 0.05) is 39.3 Å². The minimum absolute atomic E-state index is 0.590. The number of rotatable bonds is 6. The molecule has 1 aromatic rings. The Morgan fingerprint density at radius 3 is 2.24 bits per heavy atom. The van der Waals surface area contributed by atoms with Crippen molar-refractivity contribution in [3.63, 3.8) is 0 Å². The molecule has 25 heavy (non-hydrogen) atoms. The maximum Gasteiger partial charge on any atom is 0.407 e. The molecule has 0 aromatic heterocycles. The van der Waals surface area contributed by atoms with Gasteiger partial charge in [0.25, 0.3) is 0 Å². The molecule has 1 aromatic carbocycles. The summed E-state index contributed by atoms with van der Waals surface area (Å²) in [5, 5.41) is 8.99. The Morgan fingerprint density at radius 2 is 1.60 bits per heavy atom. The maximum absolute atomic E-state index is 10.9. The molecule has 1 N–H and O–H groups in total. The lowest BCUT2D eigenvalue weighted by molar-refractivity contribution is 0.103. The van der Waals surface area contributed by atoms with E-state index >= 15 is 0 Å². The van der Waals surface area contributed by atoms with E-state index in [0.29, 0.717) is 13.1 Å². The van der Waals surface area contributed by atoms with Crippen molar-refractivity contribution < 1.29 is 14.6 Å². The van der Waals surface area contributed by atoms with Crippen LogP contribution in [-0.2, 0) is 6.54 Å². The monoisotopic (exact) mass is 347 g/mol. The predicted molar refractivity (Wildman–Crippen MR) is 97.1 cm³/mol. The van der Waals surface area contributed by atoms with Crippen LogP contribution < -0.4 is 4.74 Å². The summed E-state index contributed by atoms with van der Waals surface area (Å²) < 4.78 is 5.87. The van der Waals surface area contributed by atoms with E-state index in [9.17, 15) is 4.79 Å². The number of piperidine rings is 1. The van der Waals surface area contributed by atoms with Gasteiger partial charge in [0.15, 0.2) is 0 Å². The minimum Gasteiger partial charge on any atom is -0.492 e. The Bertz CT molecular complexity index is 535. The van der Waals surface area contributed by atoms with Gasteiger partial charge in [-0.1, -0.05) is 18.6 Å². The molecule has 6 nitrogen and oxygen atoms in total. The Hall–Kier alpha value is -1.79. The highest BCUT2D eigenvalue weighted by Crippen LogP contribution is 2.15. The summed E-state index contributed by atoms with van der Waals surface area (Å²) in [5.41, 5.74) is 1.24. The summed E-state index contributed by atoms with van der Waals surface area (Å²) in [4.78, 5) is 17.2. The number of carboxylic acid groups (broad SMARTS) is 1. The zero-order chi connectivity index (χ0) is 17.5. The molecule has 0 saturated carbocycles. The van der Waals surface area contributed by atoms with Gasteiger partial charge in [-0.3, -0.25) is 9.80 Å². The smallest absolute Gasteiger partial charge is 0.407 e. The molecule has 2 fully saturated rings. The van der Waals surface area contributed by atoms with Crippen molar-refractivity contribution in [2.45, 2.75) is 25.8 Å². The Balaban J connectivity index is 1.37. The number of hydrogen-bond donors (Lipinski definition) is 1. The number of carbonyl (C=O) groups is 1. The van der Waals surface area contributed by atoms with Crippen molar-refractivity contribution in [1.82, 2.24) is 14.7 Å². The molecule has 2 saturated heterocycles. The van der Waals surface area contributed by atoms with Crippen LogP contribution in [0.1, 0.15) is 24.8 Å². The number of hydrogen-bond acceptors (Lipinski definition) is 4. The van der Waals surface area contributed by atoms with Crippen LogP contribution in [0, 0.1) is 0 Å². The molecule has 1 amide bonds. The molecule has 0 aliphatic carbocycles. The molecule has 6 heteroatoms. The van der Waals surface area contributed by atoms with Gasteiger partial charge in [-0.15, -0.1) is 0 Å². The largest absolute Gasteiger partial charge is 0.492 e. The molecule has 0 spiro atoms. The Kier molecular flexibility index (Phi) is 6.53. The van der Waals surface area contributed by atoms with E-state index in [2.05, 4.69) is 21.9 Å². The van der Waals surface area contributed by atoms with Crippen molar-refractivity contribution in [3.8, 4) is 5.75 Å². The van der Waals surface area contributed by atoms with E-state index in [1.54, 1.807) is 0 Å². The van der Waals surface area contributed by atoms with Crippen molar-refractivity contribution >= 4 is 6.09 Å². The van der Waals surface area contributed by atoms with Crippen LogP contribution in [0.5, 0.6) is 5.75 Å². The zero-order valence-electron chi connectivity index (χ0n) is 14.9. The molecule has 2 aliphatic rings. The first-order chi connectivity index (χ1) is 12.2. The Labute approximate surface area is 150 Å². The second-order valence-electron chi connectivity index (χ2n) is 6.94. The van der Waals surface area contributed by atoms with E-state index in [0.717, 1.165) is 38.5 Å². The van der Waals surface area contributed by atoms with Crippen LogP contribution in [0.3, 0.4) is 0 Å². The van der Waals surface area contributed by atoms with E-state index in [-0.39, 0.29) is 0 Å². The van der Waals surface area contributed by atoms with Crippen LogP contribution in [0.2, 0.25) is 0 Å². The van der Waals surface area contributed by atoms with Crippen LogP contribution in [0.15, 0.2) is 24.3 Å². The molecule has 2 aliphatic heterocycles. The van der Waals surface area contributed by atoms with Crippen molar-refractivity contribution in [2.24, 2.45) is 0 Å². The topological polar surface area (TPSA) is 56.3 Å². The highest BCUT2D eigenvalue weighted by Gasteiger charge is 2.20. The lowest BCUT2D eigenvalue weighted by atomic mass is 10.1. The van der Waals surface area contributed by atoms with E-state index < -0.39 is 6.09 Å². The lowest BCUT2D eigenvalue weighted by Gasteiger charge is -2.33. The van der Waals surface area contributed by atoms with Crippen molar-refractivity contribution in [1.29, 1.82) is 0 Å². The summed E-state index contributed by atoms with van der Waals surface area (Å²) >= 11 is 0. The molecule has 2 heterocycles. The number of nitrogens with zero attached hydrogens (tertiary/aromatic N) is 3. The van der Waals surface area contributed by atoms with Crippen LogP contribution in [-0.4, -0.2) is 78.3 Å². The van der Waals surface area contributed by atoms with Gasteiger partial charge >= 0.3 is 6.09 Å². The van der Waals surface area contributed by atoms with Gasteiger partial charge in [0.1, 0.15) is 12.4 Å². The SMILES string of the molecule is O=C(O)N1CCN(Cc2ccc(OCCN3CCCCC3)cc2)CC1. The fourth-order valence-electron chi connectivity index (χ4n) is 3.52. The highest BCUT2D eigenvalue weighted by molar-refractivity contribution is 5.65. The van der Waals surface area contributed by atoms with Gasteiger partial charge in [-0.2, -0.15) is 0 Å². The summed E-state index contributed by atoms with van der Waals surface area (Å²) in [5.74, 6) is 0.927. The average Bonchev–Trinajstić information content (AvgIpc) is 2.64. The number of amides is 1. The second-order valence-corrected chi connectivity index (χ2v) is 6.94. The van der Waals surface area contributed by atoms with Gasteiger partial charge < -0.3 is 14.7 Å². The Morgan fingerprint density at radius 1 is 0.920 bits per heavy atom.